The molecule has 1 heterocycles. The first-order valence-corrected chi connectivity index (χ1v) is 8.58. The normalized spacial score (nSPS) is 17.7. The van der Waals surface area contributed by atoms with E-state index in [4.69, 9.17) is 4.74 Å². The maximum Gasteiger partial charge on any atom is 0.219 e. The Hall–Kier alpha value is -2.27. The van der Waals surface area contributed by atoms with Gasteiger partial charge in [-0.2, -0.15) is 0 Å². The Labute approximate surface area is 139 Å². The second-order valence-corrected chi connectivity index (χ2v) is 6.27. The van der Waals surface area contributed by atoms with Crippen molar-refractivity contribution in [3.8, 4) is 11.6 Å². The molecule has 0 radical (unpaired) electrons. The Bertz CT molecular complexity index is 740. The van der Waals surface area contributed by atoms with E-state index in [9.17, 15) is 9.90 Å². The third-order valence-corrected chi connectivity index (χ3v) is 4.42. The fourth-order valence-corrected chi connectivity index (χ4v) is 2.97. The first-order valence-electron chi connectivity index (χ1n) is 7.35. The van der Waals surface area contributed by atoms with Crippen LogP contribution in [0.25, 0.3) is 0 Å². The molecule has 3 rings (SSSR count). The molecular formula is C18H17NO3S. The van der Waals surface area contributed by atoms with Gasteiger partial charge in [0.1, 0.15) is 5.75 Å². The molecule has 0 aliphatic heterocycles. The van der Waals surface area contributed by atoms with E-state index in [2.05, 4.69) is 4.98 Å². The molecule has 1 aliphatic carbocycles. The highest BCUT2D eigenvalue weighted by Crippen LogP contribution is 2.31. The SMILES string of the molecule is CSc1ccc(Oc2cccc(C3CC(=O)C=C(O)C3)n2)cc1. The van der Waals surface area contributed by atoms with E-state index in [0.717, 1.165) is 11.4 Å². The second kappa shape index (κ2) is 6.87. The lowest BCUT2D eigenvalue weighted by Gasteiger charge is -2.19. The maximum absolute atomic E-state index is 11.6. The van der Waals surface area contributed by atoms with Crippen molar-refractivity contribution in [2.75, 3.05) is 6.26 Å². The number of aliphatic hydroxyl groups is 1. The molecule has 4 nitrogen and oxygen atoms in total. The molecule has 118 valence electrons. The zero-order valence-electron chi connectivity index (χ0n) is 12.7. The van der Waals surface area contributed by atoms with Gasteiger partial charge in [0.25, 0.3) is 0 Å². The van der Waals surface area contributed by atoms with Gasteiger partial charge < -0.3 is 9.84 Å². The highest BCUT2D eigenvalue weighted by Gasteiger charge is 2.23. The summed E-state index contributed by atoms with van der Waals surface area (Å²) in [4.78, 5) is 17.2. The zero-order chi connectivity index (χ0) is 16.2. The van der Waals surface area contributed by atoms with Crippen molar-refractivity contribution in [1.29, 1.82) is 0 Å². The second-order valence-electron chi connectivity index (χ2n) is 5.39. The quantitative estimate of drug-likeness (QED) is 0.839. The topological polar surface area (TPSA) is 59.4 Å². The van der Waals surface area contributed by atoms with E-state index in [1.54, 1.807) is 17.8 Å². The summed E-state index contributed by atoms with van der Waals surface area (Å²) in [5.41, 5.74) is 0.760. The van der Waals surface area contributed by atoms with Gasteiger partial charge in [0.2, 0.25) is 5.88 Å². The van der Waals surface area contributed by atoms with Crippen LogP contribution in [0.1, 0.15) is 24.5 Å². The number of rotatable bonds is 4. The van der Waals surface area contributed by atoms with E-state index in [0.29, 0.717) is 18.7 Å². The van der Waals surface area contributed by atoms with Crippen LogP contribution in [0, 0.1) is 0 Å². The fraction of sp³-hybridized carbons (Fsp3) is 0.222. The van der Waals surface area contributed by atoms with Crippen LogP contribution in [-0.2, 0) is 4.79 Å². The molecule has 0 spiro atoms. The van der Waals surface area contributed by atoms with Crippen molar-refractivity contribution in [2.24, 2.45) is 0 Å². The van der Waals surface area contributed by atoms with Crippen LogP contribution in [0.4, 0.5) is 0 Å². The summed E-state index contributed by atoms with van der Waals surface area (Å²) in [6, 6.07) is 13.3. The number of hydrogen-bond donors (Lipinski definition) is 1. The summed E-state index contributed by atoms with van der Waals surface area (Å²) >= 11 is 1.67. The number of pyridine rings is 1. The van der Waals surface area contributed by atoms with Crippen molar-refractivity contribution in [1.82, 2.24) is 4.98 Å². The molecular weight excluding hydrogens is 310 g/mol. The lowest BCUT2D eigenvalue weighted by molar-refractivity contribution is -0.115. The molecule has 1 atom stereocenters. The number of aliphatic hydroxyl groups excluding tert-OH is 1. The van der Waals surface area contributed by atoms with Crippen LogP contribution in [0.15, 0.2) is 59.2 Å². The molecule has 1 aromatic heterocycles. The van der Waals surface area contributed by atoms with Crippen LogP contribution < -0.4 is 4.74 Å². The van der Waals surface area contributed by atoms with Gasteiger partial charge in [0, 0.05) is 41.5 Å². The van der Waals surface area contributed by atoms with Gasteiger partial charge in [-0.05, 0) is 36.6 Å². The van der Waals surface area contributed by atoms with Crippen LogP contribution >= 0.6 is 11.8 Å². The Kier molecular flexibility index (Phi) is 4.67. The largest absolute Gasteiger partial charge is 0.512 e. The van der Waals surface area contributed by atoms with E-state index in [1.807, 2.05) is 42.7 Å². The zero-order valence-corrected chi connectivity index (χ0v) is 13.5. The minimum atomic E-state index is -0.102. The number of carbonyl (C=O) groups excluding carboxylic acids is 1. The van der Waals surface area contributed by atoms with Gasteiger partial charge in [0.05, 0.1) is 5.76 Å². The van der Waals surface area contributed by atoms with E-state index in [-0.39, 0.29) is 17.5 Å². The Morgan fingerprint density at radius 1 is 1.17 bits per heavy atom. The molecule has 1 aromatic carbocycles. The summed E-state index contributed by atoms with van der Waals surface area (Å²) in [5, 5.41) is 9.64. The predicted octanol–water partition coefficient (Wildman–Crippen LogP) is 4.48. The summed E-state index contributed by atoms with van der Waals surface area (Å²) in [6.07, 6.45) is 4.12. The van der Waals surface area contributed by atoms with Gasteiger partial charge >= 0.3 is 0 Å². The monoisotopic (exact) mass is 327 g/mol. The van der Waals surface area contributed by atoms with Crippen molar-refractivity contribution in [2.45, 2.75) is 23.7 Å². The summed E-state index contributed by atoms with van der Waals surface area (Å²) < 4.78 is 5.78. The van der Waals surface area contributed by atoms with Crippen molar-refractivity contribution in [3.63, 3.8) is 0 Å². The Balaban J connectivity index is 1.77. The predicted molar refractivity (Wildman–Crippen MR) is 90.2 cm³/mol. The molecule has 0 saturated heterocycles. The highest BCUT2D eigenvalue weighted by atomic mass is 32.2. The average molecular weight is 327 g/mol. The summed E-state index contributed by atoms with van der Waals surface area (Å²) in [5.74, 6) is 1.15. The first-order chi connectivity index (χ1) is 11.1. The van der Waals surface area contributed by atoms with E-state index >= 15 is 0 Å². The fourth-order valence-electron chi connectivity index (χ4n) is 2.56. The molecule has 5 heteroatoms. The van der Waals surface area contributed by atoms with Gasteiger partial charge in [-0.15, -0.1) is 11.8 Å². The van der Waals surface area contributed by atoms with Gasteiger partial charge in [-0.25, -0.2) is 4.98 Å². The third-order valence-electron chi connectivity index (χ3n) is 3.68. The third kappa shape index (κ3) is 3.93. The van der Waals surface area contributed by atoms with Crippen LogP contribution in [0.3, 0.4) is 0 Å². The lowest BCUT2D eigenvalue weighted by Crippen LogP contribution is -2.13. The van der Waals surface area contributed by atoms with Gasteiger partial charge in [0.15, 0.2) is 5.78 Å². The molecule has 2 aromatic rings. The van der Waals surface area contributed by atoms with Gasteiger partial charge in [-0.1, -0.05) is 6.07 Å². The van der Waals surface area contributed by atoms with Crippen LogP contribution in [-0.4, -0.2) is 22.1 Å². The lowest BCUT2D eigenvalue weighted by atomic mass is 9.89. The maximum atomic E-state index is 11.6. The number of ether oxygens (including phenoxy) is 1. The summed E-state index contributed by atoms with van der Waals surface area (Å²) in [6.45, 7) is 0. The van der Waals surface area contributed by atoms with Crippen molar-refractivity contribution < 1.29 is 14.6 Å². The van der Waals surface area contributed by atoms with Crippen LogP contribution in [0.5, 0.6) is 11.6 Å². The smallest absolute Gasteiger partial charge is 0.219 e. The minimum absolute atomic E-state index is 0.0699. The molecule has 1 unspecified atom stereocenters. The molecule has 0 bridgehead atoms. The van der Waals surface area contributed by atoms with Gasteiger partial charge in [-0.3, -0.25) is 4.79 Å². The number of nitrogens with zero attached hydrogens (tertiary/aromatic N) is 1. The first kappa shape index (κ1) is 15.6. The number of ketones is 1. The number of thioether (sulfide) groups is 1. The number of aromatic nitrogens is 1. The van der Waals surface area contributed by atoms with Crippen molar-refractivity contribution in [3.05, 3.63) is 60.0 Å². The molecule has 1 N–H and O–H groups in total. The van der Waals surface area contributed by atoms with E-state index < -0.39 is 0 Å². The number of benzene rings is 1. The molecule has 0 saturated carbocycles. The number of allylic oxidation sites excluding steroid dienone is 2. The van der Waals surface area contributed by atoms with Crippen molar-refractivity contribution >= 4 is 17.5 Å². The molecule has 0 amide bonds. The minimum Gasteiger partial charge on any atom is -0.512 e. The van der Waals surface area contributed by atoms with Crippen LogP contribution in [0.2, 0.25) is 0 Å². The molecule has 1 aliphatic rings. The number of hydrogen-bond acceptors (Lipinski definition) is 5. The highest BCUT2D eigenvalue weighted by molar-refractivity contribution is 7.98. The van der Waals surface area contributed by atoms with E-state index in [1.165, 1.54) is 11.0 Å². The molecule has 23 heavy (non-hydrogen) atoms. The number of carbonyl (C=O) groups is 1. The average Bonchev–Trinajstić information content (AvgIpc) is 2.55. The standard InChI is InChI=1S/C18H17NO3S/c1-23-16-7-5-15(6-8-16)22-18-4-2-3-17(19-18)12-9-13(20)11-14(21)10-12/h2-8,11-12,20H,9-10H2,1H3. The Morgan fingerprint density at radius 2 is 1.96 bits per heavy atom. The molecule has 0 fully saturated rings. The Morgan fingerprint density at radius 3 is 2.65 bits per heavy atom. The summed E-state index contributed by atoms with van der Waals surface area (Å²) in [7, 11) is 0.